The fourth-order valence-electron chi connectivity index (χ4n) is 1.05. The van der Waals surface area contributed by atoms with Crippen LogP contribution in [0.25, 0.3) is 0 Å². The minimum atomic E-state index is -3.98. The standard InChI is InChI=1S/C9H14O4S4/c1-8-4-6-9(7-5-8)16(12,13)17(2,3,14)15(10)11/h4-7H,1-3H3,(H,10,11). The van der Waals surface area contributed by atoms with Crippen LogP contribution in [-0.4, -0.2) is 29.7 Å². The lowest BCUT2D eigenvalue weighted by atomic mass is 10.2. The molecule has 0 saturated carbocycles. The van der Waals surface area contributed by atoms with E-state index in [9.17, 15) is 17.2 Å². The average molecular weight is 314 g/mol. The highest BCUT2D eigenvalue weighted by Crippen LogP contribution is 2.36. The molecule has 0 aliphatic heterocycles. The molecule has 0 bridgehead atoms. The van der Waals surface area contributed by atoms with Crippen LogP contribution in [0, 0.1) is 6.92 Å². The van der Waals surface area contributed by atoms with E-state index in [1.54, 1.807) is 12.1 Å². The lowest BCUT2D eigenvalue weighted by Crippen LogP contribution is -2.41. The van der Waals surface area contributed by atoms with E-state index < -0.39 is 24.8 Å². The molecule has 98 valence electrons. The summed E-state index contributed by atoms with van der Waals surface area (Å²) in [5, 5.41) is 0. The van der Waals surface area contributed by atoms with Gasteiger partial charge in [0.15, 0.2) is 0 Å². The van der Waals surface area contributed by atoms with Crippen molar-refractivity contribution in [1.82, 2.24) is 0 Å². The minimum Gasteiger partial charge on any atom is -0.298 e. The molecule has 0 spiro atoms. The van der Waals surface area contributed by atoms with Gasteiger partial charge in [0.05, 0.1) is 4.90 Å². The fourth-order valence-corrected chi connectivity index (χ4v) is 7.43. The molecular weight excluding hydrogens is 300 g/mol. The average Bonchev–Trinajstić information content (AvgIpc) is 2.17. The molecule has 1 aromatic carbocycles. The van der Waals surface area contributed by atoms with Gasteiger partial charge in [-0.1, -0.05) is 17.7 Å². The van der Waals surface area contributed by atoms with Crippen LogP contribution in [0.5, 0.6) is 0 Å². The van der Waals surface area contributed by atoms with Crippen molar-refractivity contribution in [3.63, 3.8) is 0 Å². The van der Waals surface area contributed by atoms with Gasteiger partial charge in [0.25, 0.3) is 0 Å². The van der Waals surface area contributed by atoms with Gasteiger partial charge in [0.1, 0.15) is 0 Å². The lowest BCUT2D eigenvalue weighted by Gasteiger charge is -2.32. The minimum absolute atomic E-state index is 0.00694. The van der Waals surface area contributed by atoms with Crippen LogP contribution >= 0.6 is 0 Å². The molecule has 4 nitrogen and oxygen atoms in total. The molecule has 0 aliphatic carbocycles. The molecule has 17 heavy (non-hydrogen) atoms. The van der Waals surface area contributed by atoms with Gasteiger partial charge in [-0.15, -0.1) is 0 Å². The third kappa shape index (κ3) is 2.37. The van der Waals surface area contributed by atoms with Gasteiger partial charge < -0.3 is 0 Å². The molecule has 0 heterocycles. The molecule has 0 aliphatic rings. The molecular formula is C9H14O4S4. The molecule has 0 fully saturated rings. The largest absolute Gasteiger partial charge is 0.298 e. The summed E-state index contributed by atoms with van der Waals surface area (Å²) in [5.41, 5.74) is 0.906. The van der Waals surface area contributed by atoms with Crippen molar-refractivity contribution >= 4 is 36.0 Å². The Morgan fingerprint density at radius 3 is 2.00 bits per heavy atom. The molecule has 0 radical (unpaired) electrons. The number of benzene rings is 1. The molecule has 8 heteroatoms. The Morgan fingerprint density at radius 1 is 1.24 bits per heavy atom. The molecule has 1 unspecified atom stereocenters. The van der Waals surface area contributed by atoms with E-state index in [4.69, 9.17) is 11.2 Å². The van der Waals surface area contributed by atoms with Gasteiger partial charge in [-0.25, -0.2) is 12.6 Å². The van der Waals surface area contributed by atoms with E-state index >= 15 is 0 Å². The van der Waals surface area contributed by atoms with Crippen LogP contribution < -0.4 is 0 Å². The first-order valence-corrected chi connectivity index (χ1v) is 11.9. The van der Waals surface area contributed by atoms with Crippen LogP contribution in [0.1, 0.15) is 5.56 Å². The summed E-state index contributed by atoms with van der Waals surface area (Å²) in [5.74, 6) is -3.89. The van der Waals surface area contributed by atoms with E-state index in [0.29, 0.717) is 0 Å². The first-order chi connectivity index (χ1) is 7.48. The van der Waals surface area contributed by atoms with E-state index in [1.165, 1.54) is 24.6 Å². The van der Waals surface area contributed by atoms with Gasteiger partial charge in [0, 0.05) is 0 Å². The molecule has 1 N–H and O–H groups in total. The smallest absolute Gasteiger partial charge is 0.228 e. The first kappa shape index (κ1) is 14.9. The van der Waals surface area contributed by atoms with Gasteiger partial charge in [0.2, 0.25) is 19.0 Å². The second-order valence-corrected chi connectivity index (χ2v) is 22.2. The first-order valence-electron chi connectivity index (χ1n) is 4.52. The molecule has 1 atom stereocenters. The SMILES string of the molecule is Cc1ccc(S(=O)(=O)S(C)(C)(=S)S(=O)O)cc1. The van der Waals surface area contributed by atoms with Crippen molar-refractivity contribution in [3.05, 3.63) is 29.8 Å². The number of aryl methyl sites for hydroxylation is 1. The maximum atomic E-state index is 12.3. The highest BCUT2D eigenvalue weighted by Gasteiger charge is 2.43. The molecule has 1 aromatic rings. The van der Waals surface area contributed by atoms with E-state index in [1.807, 2.05) is 6.92 Å². The van der Waals surface area contributed by atoms with Gasteiger partial charge in [-0.3, -0.25) is 4.55 Å². The Balaban J connectivity index is 3.56. The van der Waals surface area contributed by atoms with Crippen molar-refractivity contribution in [3.8, 4) is 0 Å². The van der Waals surface area contributed by atoms with Crippen LogP contribution in [0.2, 0.25) is 0 Å². The van der Waals surface area contributed by atoms with Crippen molar-refractivity contribution in [1.29, 1.82) is 0 Å². The maximum absolute atomic E-state index is 12.3. The lowest BCUT2D eigenvalue weighted by molar-refractivity contribution is 0.580. The fraction of sp³-hybridized carbons (Fsp3) is 0.333. The zero-order valence-corrected chi connectivity index (χ0v) is 12.9. The van der Waals surface area contributed by atoms with Crippen molar-refractivity contribution in [2.24, 2.45) is 0 Å². The van der Waals surface area contributed by atoms with Crippen LogP contribution in [0.15, 0.2) is 29.2 Å². The Morgan fingerprint density at radius 2 is 1.65 bits per heavy atom. The Kier molecular flexibility index (Phi) is 3.68. The molecule has 0 saturated heterocycles. The van der Waals surface area contributed by atoms with Crippen LogP contribution in [-0.2, 0) is 36.0 Å². The predicted molar refractivity (Wildman–Crippen MR) is 75.7 cm³/mol. The quantitative estimate of drug-likeness (QED) is 0.671. The highest BCUT2D eigenvalue weighted by atomic mass is 33.7. The summed E-state index contributed by atoms with van der Waals surface area (Å²) in [6.45, 7) is 1.82. The van der Waals surface area contributed by atoms with Crippen molar-refractivity contribution < 1.29 is 17.2 Å². The summed E-state index contributed by atoms with van der Waals surface area (Å²) in [6.07, 6.45) is 2.36. The second kappa shape index (κ2) is 4.20. The van der Waals surface area contributed by atoms with Crippen molar-refractivity contribution in [2.75, 3.05) is 12.5 Å². The van der Waals surface area contributed by atoms with Gasteiger partial charge in [-0.05, 0) is 48.5 Å². The van der Waals surface area contributed by atoms with Gasteiger partial charge >= 0.3 is 0 Å². The van der Waals surface area contributed by atoms with Gasteiger partial charge in [-0.2, -0.15) is 0 Å². The number of hydrogen-bond donors (Lipinski definition) is 1. The number of rotatable bonds is 3. The molecule has 1 rings (SSSR count). The monoisotopic (exact) mass is 314 g/mol. The van der Waals surface area contributed by atoms with E-state index in [0.717, 1.165) is 5.56 Å². The second-order valence-electron chi connectivity index (χ2n) is 4.10. The van der Waals surface area contributed by atoms with E-state index in [-0.39, 0.29) is 4.90 Å². The molecule has 0 aromatic heterocycles. The number of hydrogen-bond acceptors (Lipinski definition) is 4. The zero-order chi connectivity index (χ0) is 13.5. The topological polar surface area (TPSA) is 71.4 Å². The van der Waals surface area contributed by atoms with Crippen LogP contribution in [0.3, 0.4) is 0 Å². The Bertz CT molecular complexity index is 621. The Hall–Kier alpha value is -0.150. The molecule has 0 amide bonds. The van der Waals surface area contributed by atoms with Crippen molar-refractivity contribution in [2.45, 2.75) is 11.8 Å². The maximum Gasteiger partial charge on any atom is 0.228 e. The zero-order valence-electron chi connectivity index (χ0n) is 9.61. The van der Waals surface area contributed by atoms with E-state index in [2.05, 4.69) is 0 Å². The predicted octanol–water partition coefficient (Wildman–Crippen LogP) is 1.23. The highest BCUT2D eigenvalue weighted by molar-refractivity contribution is 9.20. The summed E-state index contributed by atoms with van der Waals surface area (Å²) < 4.78 is 45.2. The summed E-state index contributed by atoms with van der Waals surface area (Å²) in [7, 11) is -6.56. The third-order valence-electron chi connectivity index (χ3n) is 2.33. The Labute approximate surface area is 107 Å². The summed E-state index contributed by atoms with van der Waals surface area (Å²) >= 11 is 4.99. The van der Waals surface area contributed by atoms with Crippen LogP contribution in [0.4, 0.5) is 0 Å². The summed E-state index contributed by atoms with van der Waals surface area (Å²) in [6, 6.07) is 6.08. The summed E-state index contributed by atoms with van der Waals surface area (Å²) in [4.78, 5) is -0.00694. The normalized spacial score (nSPS) is 17.1. The third-order valence-corrected chi connectivity index (χ3v) is 17.2.